The average Bonchev–Trinajstić information content (AvgIpc) is 3.19. The maximum Gasteiger partial charge on any atom is 0.246 e. The summed E-state index contributed by atoms with van der Waals surface area (Å²) in [7, 11) is -1.95. The van der Waals surface area contributed by atoms with Gasteiger partial charge in [-0.15, -0.1) is 0 Å². The molecule has 0 spiro atoms. The Balaban J connectivity index is 1.54. The highest BCUT2D eigenvalue weighted by Gasteiger charge is 2.34. The molecule has 1 fully saturated rings. The number of hydrogen-bond acceptors (Lipinski definition) is 5. The number of carbonyl (C=O) groups excluding carboxylic acids is 1. The molecule has 1 aliphatic heterocycles. The second-order valence-corrected chi connectivity index (χ2v) is 10.1. The standard InChI is InChI=1S/C19H29ClN6O3S/c1-13-18(20)15(3)26(23-13)10-6-8-21-19(27)16-7-5-9-25(12-16)30(28,29)17-11-22-24(4)14(17)2/h11,16H,5-10,12H2,1-4H3,(H,21,27). The van der Waals surface area contributed by atoms with Crippen LogP contribution in [0.3, 0.4) is 0 Å². The van der Waals surface area contributed by atoms with Crippen LogP contribution in [0.2, 0.25) is 5.02 Å². The van der Waals surface area contributed by atoms with Gasteiger partial charge in [-0.1, -0.05) is 11.6 Å². The number of amides is 1. The third-order valence-electron chi connectivity index (χ3n) is 5.70. The SMILES string of the molecule is Cc1nn(CCCNC(=O)C2CCCN(S(=O)(=O)c3cnn(C)c3C)C2)c(C)c1Cl. The fourth-order valence-electron chi connectivity index (χ4n) is 3.72. The van der Waals surface area contributed by atoms with E-state index in [2.05, 4.69) is 15.5 Å². The molecular formula is C19H29ClN6O3S. The van der Waals surface area contributed by atoms with Gasteiger partial charge in [-0.25, -0.2) is 8.42 Å². The number of hydrogen-bond donors (Lipinski definition) is 1. The van der Waals surface area contributed by atoms with Gasteiger partial charge in [0.15, 0.2) is 0 Å². The summed E-state index contributed by atoms with van der Waals surface area (Å²) in [5.41, 5.74) is 2.30. The zero-order chi connectivity index (χ0) is 22.1. The first-order valence-electron chi connectivity index (χ1n) is 10.1. The number of rotatable bonds is 7. The van der Waals surface area contributed by atoms with Gasteiger partial charge in [0.2, 0.25) is 15.9 Å². The summed E-state index contributed by atoms with van der Waals surface area (Å²) in [6.07, 6.45) is 3.42. The lowest BCUT2D eigenvalue weighted by molar-refractivity contribution is -0.126. The summed E-state index contributed by atoms with van der Waals surface area (Å²) in [4.78, 5) is 12.8. The lowest BCUT2D eigenvalue weighted by Crippen LogP contribution is -2.45. The van der Waals surface area contributed by atoms with Crippen molar-refractivity contribution in [2.45, 2.75) is 51.5 Å². The van der Waals surface area contributed by atoms with Gasteiger partial charge in [-0.2, -0.15) is 14.5 Å². The Morgan fingerprint density at radius 2 is 2.03 bits per heavy atom. The number of halogens is 1. The van der Waals surface area contributed by atoms with Crippen LogP contribution in [0.1, 0.15) is 36.3 Å². The van der Waals surface area contributed by atoms with E-state index in [1.165, 1.54) is 15.2 Å². The summed E-state index contributed by atoms with van der Waals surface area (Å²) >= 11 is 6.16. The third kappa shape index (κ3) is 4.55. The molecule has 9 nitrogen and oxygen atoms in total. The monoisotopic (exact) mass is 456 g/mol. The zero-order valence-corrected chi connectivity index (χ0v) is 19.4. The van der Waals surface area contributed by atoms with Crippen LogP contribution in [0.15, 0.2) is 11.1 Å². The van der Waals surface area contributed by atoms with Gasteiger partial charge in [0.05, 0.1) is 34.2 Å². The van der Waals surface area contributed by atoms with E-state index in [4.69, 9.17) is 11.6 Å². The zero-order valence-electron chi connectivity index (χ0n) is 17.9. The Bertz CT molecular complexity index is 1030. The van der Waals surface area contributed by atoms with E-state index in [0.717, 1.165) is 11.4 Å². The quantitative estimate of drug-likeness (QED) is 0.640. The largest absolute Gasteiger partial charge is 0.356 e. The van der Waals surface area contributed by atoms with Crippen molar-refractivity contribution in [3.63, 3.8) is 0 Å². The molecule has 0 bridgehead atoms. The van der Waals surface area contributed by atoms with Gasteiger partial charge in [0, 0.05) is 33.2 Å². The van der Waals surface area contributed by atoms with E-state index in [0.29, 0.717) is 49.6 Å². The number of aromatic nitrogens is 4. The normalized spacial score (nSPS) is 18.0. The average molecular weight is 457 g/mol. The molecule has 11 heteroatoms. The molecule has 1 N–H and O–H groups in total. The van der Waals surface area contributed by atoms with Crippen molar-refractivity contribution in [2.24, 2.45) is 13.0 Å². The first-order valence-corrected chi connectivity index (χ1v) is 11.9. The molecule has 1 unspecified atom stereocenters. The maximum absolute atomic E-state index is 13.0. The van der Waals surface area contributed by atoms with Gasteiger partial charge in [-0.05, 0) is 40.0 Å². The van der Waals surface area contributed by atoms with Crippen LogP contribution < -0.4 is 5.32 Å². The van der Waals surface area contributed by atoms with Crippen molar-refractivity contribution in [2.75, 3.05) is 19.6 Å². The number of carbonyl (C=O) groups is 1. The van der Waals surface area contributed by atoms with E-state index in [9.17, 15) is 13.2 Å². The maximum atomic E-state index is 13.0. The summed E-state index contributed by atoms with van der Waals surface area (Å²) < 4.78 is 30.8. The summed E-state index contributed by atoms with van der Waals surface area (Å²) in [6.45, 7) is 7.27. The molecule has 2 aromatic rings. The first kappa shape index (κ1) is 22.8. The molecule has 30 heavy (non-hydrogen) atoms. The minimum atomic E-state index is -3.66. The molecule has 2 aromatic heterocycles. The molecule has 1 atom stereocenters. The van der Waals surface area contributed by atoms with Gasteiger partial charge >= 0.3 is 0 Å². The van der Waals surface area contributed by atoms with E-state index >= 15 is 0 Å². The van der Waals surface area contributed by atoms with E-state index in [1.807, 2.05) is 18.5 Å². The Labute approximate surface area is 182 Å². The number of nitrogens with zero attached hydrogens (tertiary/aromatic N) is 5. The van der Waals surface area contributed by atoms with E-state index in [1.54, 1.807) is 14.0 Å². The lowest BCUT2D eigenvalue weighted by Gasteiger charge is -2.31. The predicted octanol–water partition coefficient (Wildman–Crippen LogP) is 1.80. The van der Waals surface area contributed by atoms with Crippen molar-refractivity contribution < 1.29 is 13.2 Å². The van der Waals surface area contributed by atoms with Crippen LogP contribution in [0.5, 0.6) is 0 Å². The van der Waals surface area contributed by atoms with Gasteiger partial charge in [0.25, 0.3) is 0 Å². The Morgan fingerprint density at radius 1 is 1.30 bits per heavy atom. The number of aryl methyl sites for hydroxylation is 3. The van der Waals surface area contributed by atoms with Crippen molar-refractivity contribution in [3.05, 3.63) is 28.3 Å². The molecule has 1 aliphatic rings. The predicted molar refractivity (Wildman–Crippen MR) is 114 cm³/mol. The molecule has 166 valence electrons. The molecule has 0 radical (unpaired) electrons. The molecule has 1 saturated heterocycles. The molecular weight excluding hydrogens is 428 g/mol. The minimum absolute atomic E-state index is 0.107. The lowest BCUT2D eigenvalue weighted by atomic mass is 9.99. The fraction of sp³-hybridized carbons (Fsp3) is 0.632. The first-order chi connectivity index (χ1) is 14.1. The van der Waals surface area contributed by atoms with Crippen molar-refractivity contribution >= 4 is 27.5 Å². The van der Waals surface area contributed by atoms with Crippen LogP contribution in [-0.4, -0.2) is 57.8 Å². The molecule has 0 saturated carbocycles. The summed E-state index contributed by atoms with van der Waals surface area (Å²) in [5.74, 6) is -0.460. The molecule has 3 heterocycles. The highest BCUT2D eigenvalue weighted by atomic mass is 35.5. The summed E-state index contributed by atoms with van der Waals surface area (Å²) in [5, 5.41) is 12.0. The molecule has 1 amide bonds. The molecule has 3 rings (SSSR count). The number of sulfonamides is 1. The second-order valence-electron chi connectivity index (χ2n) is 7.77. The van der Waals surface area contributed by atoms with Crippen LogP contribution in [0.25, 0.3) is 0 Å². The Kier molecular flexibility index (Phi) is 6.88. The van der Waals surface area contributed by atoms with Gasteiger partial charge < -0.3 is 5.32 Å². The van der Waals surface area contributed by atoms with Crippen LogP contribution in [-0.2, 0) is 28.4 Å². The minimum Gasteiger partial charge on any atom is -0.356 e. The Morgan fingerprint density at radius 3 is 2.63 bits per heavy atom. The third-order valence-corrected chi connectivity index (χ3v) is 8.22. The van der Waals surface area contributed by atoms with Crippen LogP contribution in [0, 0.1) is 26.7 Å². The van der Waals surface area contributed by atoms with Crippen LogP contribution >= 0.6 is 11.6 Å². The fourth-order valence-corrected chi connectivity index (χ4v) is 5.57. The second kappa shape index (κ2) is 9.07. The summed E-state index contributed by atoms with van der Waals surface area (Å²) in [6, 6.07) is 0. The molecule has 0 aromatic carbocycles. The smallest absolute Gasteiger partial charge is 0.246 e. The topological polar surface area (TPSA) is 102 Å². The van der Waals surface area contributed by atoms with Crippen molar-refractivity contribution in [1.29, 1.82) is 0 Å². The van der Waals surface area contributed by atoms with E-state index in [-0.39, 0.29) is 23.3 Å². The van der Waals surface area contributed by atoms with Gasteiger partial charge in [-0.3, -0.25) is 14.2 Å². The highest BCUT2D eigenvalue weighted by Crippen LogP contribution is 2.25. The number of nitrogens with one attached hydrogen (secondary N) is 1. The highest BCUT2D eigenvalue weighted by molar-refractivity contribution is 7.89. The van der Waals surface area contributed by atoms with Crippen molar-refractivity contribution in [3.8, 4) is 0 Å². The Hall–Kier alpha value is -1.91. The van der Waals surface area contributed by atoms with Crippen LogP contribution in [0.4, 0.5) is 0 Å². The van der Waals surface area contributed by atoms with Gasteiger partial charge in [0.1, 0.15) is 4.90 Å². The van der Waals surface area contributed by atoms with Crippen molar-refractivity contribution in [1.82, 2.24) is 29.2 Å². The molecule has 0 aliphatic carbocycles. The van der Waals surface area contributed by atoms with E-state index < -0.39 is 10.0 Å². The number of piperidine rings is 1.